The lowest BCUT2D eigenvalue weighted by Gasteiger charge is -2.33. The summed E-state index contributed by atoms with van der Waals surface area (Å²) in [5.41, 5.74) is 9.28. The number of nitrogens with one attached hydrogen (secondary N) is 1. The second-order valence-electron chi connectivity index (χ2n) is 7.24. The predicted molar refractivity (Wildman–Crippen MR) is 105 cm³/mol. The van der Waals surface area contributed by atoms with Gasteiger partial charge in [0.15, 0.2) is 0 Å². The lowest BCUT2D eigenvalue weighted by Crippen LogP contribution is -2.36. The lowest BCUT2D eigenvalue weighted by atomic mass is 10.0. The van der Waals surface area contributed by atoms with Gasteiger partial charge in [-0.15, -0.1) is 0 Å². The summed E-state index contributed by atoms with van der Waals surface area (Å²) in [4.78, 5) is 14.8. The van der Waals surface area contributed by atoms with E-state index in [9.17, 15) is 4.79 Å². The predicted octanol–water partition coefficient (Wildman–Crippen LogP) is 3.38. The molecule has 3 N–H and O–H groups in total. The van der Waals surface area contributed by atoms with Crippen molar-refractivity contribution in [1.82, 2.24) is 10.2 Å². The zero-order valence-electron chi connectivity index (χ0n) is 15.5. The smallest absolute Gasteiger partial charge is 0.241 e. The highest BCUT2D eigenvalue weighted by molar-refractivity contribution is 5.82. The Morgan fingerprint density at radius 1 is 1.12 bits per heavy atom. The Morgan fingerprint density at radius 3 is 2.50 bits per heavy atom. The van der Waals surface area contributed by atoms with E-state index < -0.39 is 6.04 Å². The summed E-state index contributed by atoms with van der Waals surface area (Å²) in [6.07, 6.45) is 3.95. The van der Waals surface area contributed by atoms with Crippen LogP contribution in [-0.2, 0) is 17.9 Å². The van der Waals surface area contributed by atoms with Crippen molar-refractivity contribution >= 4 is 5.91 Å². The van der Waals surface area contributed by atoms with Crippen LogP contribution >= 0.6 is 0 Å². The van der Waals surface area contributed by atoms with Gasteiger partial charge in [-0.3, -0.25) is 9.69 Å². The van der Waals surface area contributed by atoms with Crippen LogP contribution in [0.4, 0.5) is 0 Å². The number of piperidine rings is 1. The van der Waals surface area contributed by atoms with Crippen LogP contribution in [0, 0.1) is 0 Å². The van der Waals surface area contributed by atoms with Gasteiger partial charge in [0.25, 0.3) is 0 Å². The van der Waals surface area contributed by atoms with E-state index in [1.165, 1.54) is 31.4 Å². The number of nitrogens with two attached hydrogens (primary N) is 1. The SMILES string of the molecule is CC1CCCCN1Cc1ccc(CNC(=O)C(N)c2ccccc2)cc1. The number of carbonyl (C=O) groups is 1. The van der Waals surface area contributed by atoms with Crippen molar-refractivity contribution in [1.29, 1.82) is 0 Å². The zero-order valence-corrected chi connectivity index (χ0v) is 15.5. The van der Waals surface area contributed by atoms with Crippen LogP contribution in [0.1, 0.15) is 48.9 Å². The van der Waals surface area contributed by atoms with Gasteiger partial charge >= 0.3 is 0 Å². The number of nitrogens with zero attached hydrogens (tertiary/aromatic N) is 1. The van der Waals surface area contributed by atoms with E-state index in [2.05, 4.69) is 41.4 Å². The fraction of sp³-hybridized carbons (Fsp3) is 0.409. The second-order valence-corrected chi connectivity index (χ2v) is 7.24. The zero-order chi connectivity index (χ0) is 18.4. The van der Waals surface area contributed by atoms with Gasteiger partial charge in [-0.25, -0.2) is 0 Å². The van der Waals surface area contributed by atoms with Crippen LogP contribution in [0.5, 0.6) is 0 Å². The van der Waals surface area contributed by atoms with Gasteiger partial charge < -0.3 is 11.1 Å². The van der Waals surface area contributed by atoms with Crippen LogP contribution in [0.25, 0.3) is 0 Å². The first-order valence-electron chi connectivity index (χ1n) is 9.53. The first-order chi connectivity index (χ1) is 12.6. The maximum Gasteiger partial charge on any atom is 0.241 e. The highest BCUT2D eigenvalue weighted by Crippen LogP contribution is 2.19. The molecule has 1 amide bonds. The molecule has 2 aromatic carbocycles. The van der Waals surface area contributed by atoms with Crippen molar-refractivity contribution in [3.8, 4) is 0 Å². The molecule has 2 atom stereocenters. The first kappa shape index (κ1) is 18.6. The third-order valence-corrected chi connectivity index (χ3v) is 5.26. The molecule has 0 aliphatic carbocycles. The molecular weight excluding hydrogens is 322 g/mol. The van der Waals surface area contributed by atoms with Gasteiger partial charge in [-0.2, -0.15) is 0 Å². The summed E-state index contributed by atoms with van der Waals surface area (Å²) in [6.45, 7) is 5.02. The van der Waals surface area contributed by atoms with E-state index in [1.54, 1.807) is 0 Å². The Bertz CT molecular complexity index is 699. The Morgan fingerprint density at radius 2 is 1.81 bits per heavy atom. The molecule has 2 unspecified atom stereocenters. The normalized spacial score (nSPS) is 19.1. The van der Waals surface area contributed by atoms with E-state index in [1.807, 2.05) is 30.3 Å². The molecule has 1 saturated heterocycles. The molecule has 4 nitrogen and oxygen atoms in total. The Hall–Kier alpha value is -2.17. The summed E-state index contributed by atoms with van der Waals surface area (Å²) in [5.74, 6) is -0.151. The van der Waals surface area contributed by atoms with Crippen molar-refractivity contribution < 1.29 is 4.79 Å². The Labute approximate surface area is 156 Å². The number of carbonyl (C=O) groups excluding carboxylic acids is 1. The van der Waals surface area contributed by atoms with Gasteiger partial charge in [-0.1, -0.05) is 61.0 Å². The fourth-order valence-corrected chi connectivity index (χ4v) is 3.50. The van der Waals surface area contributed by atoms with Crippen LogP contribution in [0.3, 0.4) is 0 Å². The minimum Gasteiger partial charge on any atom is -0.350 e. The quantitative estimate of drug-likeness (QED) is 0.839. The minimum absolute atomic E-state index is 0.151. The number of likely N-dealkylation sites (tertiary alicyclic amines) is 1. The van der Waals surface area contributed by atoms with Crippen molar-refractivity contribution in [2.24, 2.45) is 5.73 Å². The maximum atomic E-state index is 12.2. The van der Waals surface area contributed by atoms with Crippen LogP contribution in [0.2, 0.25) is 0 Å². The topological polar surface area (TPSA) is 58.4 Å². The monoisotopic (exact) mass is 351 g/mol. The Balaban J connectivity index is 1.50. The van der Waals surface area contributed by atoms with E-state index in [-0.39, 0.29) is 5.91 Å². The number of hydrogen-bond acceptors (Lipinski definition) is 3. The van der Waals surface area contributed by atoms with E-state index in [0.29, 0.717) is 12.6 Å². The molecule has 1 aliphatic heterocycles. The van der Waals surface area contributed by atoms with E-state index in [0.717, 1.165) is 17.7 Å². The molecule has 4 heteroatoms. The fourth-order valence-electron chi connectivity index (χ4n) is 3.50. The lowest BCUT2D eigenvalue weighted by molar-refractivity contribution is -0.122. The van der Waals surface area contributed by atoms with Crippen molar-refractivity contribution in [2.45, 2.75) is 51.4 Å². The minimum atomic E-state index is -0.629. The molecule has 0 saturated carbocycles. The van der Waals surface area contributed by atoms with Gasteiger partial charge in [0.1, 0.15) is 6.04 Å². The largest absolute Gasteiger partial charge is 0.350 e. The molecule has 0 bridgehead atoms. The Kier molecular flexibility index (Phi) is 6.42. The molecule has 2 aromatic rings. The maximum absolute atomic E-state index is 12.2. The number of rotatable bonds is 6. The molecule has 1 fully saturated rings. The van der Waals surface area contributed by atoms with Crippen LogP contribution < -0.4 is 11.1 Å². The second kappa shape index (κ2) is 8.97. The number of hydrogen-bond donors (Lipinski definition) is 2. The third-order valence-electron chi connectivity index (χ3n) is 5.26. The molecule has 0 spiro atoms. The highest BCUT2D eigenvalue weighted by atomic mass is 16.2. The summed E-state index contributed by atoms with van der Waals surface area (Å²) < 4.78 is 0. The van der Waals surface area contributed by atoms with E-state index in [4.69, 9.17) is 5.73 Å². The molecule has 26 heavy (non-hydrogen) atoms. The summed E-state index contributed by atoms with van der Waals surface area (Å²) in [7, 11) is 0. The van der Waals surface area contributed by atoms with Crippen LogP contribution in [-0.4, -0.2) is 23.4 Å². The van der Waals surface area contributed by atoms with E-state index >= 15 is 0 Å². The molecular formula is C22H29N3O. The molecule has 0 aromatic heterocycles. The molecule has 138 valence electrons. The average Bonchev–Trinajstić information content (AvgIpc) is 2.69. The standard InChI is InChI=1S/C22H29N3O/c1-17-7-5-6-14-25(17)16-19-12-10-18(11-13-19)15-24-22(26)21(23)20-8-3-2-4-9-20/h2-4,8-13,17,21H,5-7,14-16,23H2,1H3,(H,24,26). The van der Waals surface area contributed by atoms with Crippen molar-refractivity contribution in [2.75, 3.05) is 6.54 Å². The third kappa shape index (κ3) is 4.93. The van der Waals surface area contributed by atoms with Gasteiger partial charge in [0, 0.05) is 19.1 Å². The van der Waals surface area contributed by atoms with Crippen molar-refractivity contribution in [3.63, 3.8) is 0 Å². The average molecular weight is 351 g/mol. The van der Waals surface area contributed by atoms with Crippen LogP contribution in [0.15, 0.2) is 54.6 Å². The molecule has 1 aliphatic rings. The summed E-state index contributed by atoms with van der Waals surface area (Å²) in [5, 5.41) is 2.93. The molecule has 1 heterocycles. The first-order valence-corrected chi connectivity index (χ1v) is 9.53. The van der Waals surface area contributed by atoms with Gasteiger partial charge in [0.2, 0.25) is 5.91 Å². The number of amides is 1. The highest BCUT2D eigenvalue weighted by Gasteiger charge is 2.18. The summed E-state index contributed by atoms with van der Waals surface area (Å²) in [6, 6.07) is 18.0. The molecule has 3 rings (SSSR count). The molecule has 0 radical (unpaired) electrons. The van der Waals surface area contributed by atoms with Gasteiger partial charge in [0.05, 0.1) is 0 Å². The van der Waals surface area contributed by atoms with Crippen molar-refractivity contribution in [3.05, 3.63) is 71.3 Å². The number of benzene rings is 2. The summed E-state index contributed by atoms with van der Waals surface area (Å²) >= 11 is 0. The van der Waals surface area contributed by atoms with Gasteiger partial charge in [-0.05, 0) is 43.0 Å².